The lowest BCUT2D eigenvalue weighted by molar-refractivity contribution is 0.109. The van der Waals surface area contributed by atoms with E-state index in [0.717, 1.165) is 0 Å². The van der Waals surface area contributed by atoms with Crippen LogP contribution >= 0.6 is 0 Å². The summed E-state index contributed by atoms with van der Waals surface area (Å²) in [4.78, 5) is 12.7. The summed E-state index contributed by atoms with van der Waals surface area (Å²) < 4.78 is 0. The van der Waals surface area contributed by atoms with Crippen LogP contribution in [0.3, 0.4) is 0 Å². The van der Waals surface area contributed by atoms with Gasteiger partial charge >= 0.3 is 6.09 Å². The lowest BCUT2D eigenvalue weighted by atomic mass is 9.79. The molecule has 1 saturated carbocycles. The van der Waals surface area contributed by atoms with Crippen molar-refractivity contribution in [3.63, 3.8) is 0 Å². The Kier molecular flexibility index (Phi) is 5.58. The van der Waals surface area contributed by atoms with Crippen molar-refractivity contribution in [3.05, 3.63) is 25.3 Å². The zero-order valence-electron chi connectivity index (χ0n) is 11.1. The van der Waals surface area contributed by atoms with E-state index in [1.165, 1.54) is 0 Å². The molecule has 0 atom stereocenters. The third kappa shape index (κ3) is 3.83. The number of carbonyl (C=O) groups is 1. The van der Waals surface area contributed by atoms with Crippen LogP contribution in [0.4, 0.5) is 4.79 Å². The van der Waals surface area contributed by atoms with Crippen molar-refractivity contribution in [1.82, 2.24) is 10.2 Å². The Bertz CT molecular complexity index is 369. The average molecular weight is 263 g/mol. The highest BCUT2D eigenvalue weighted by atomic mass is 16.4. The number of hydrogen-bond acceptors (Lipinski definition) is 3. The molecule has 5 heteroatoms. The molecule has 1 amide bonds. The van der Waals surface area contributed by atoms with Gasteiger partial charge < -0.3 is 10.4 Å². The molecule has 0 unspecified atom stereocenters. The van der Waals surface area contributed by atoms with Gasteiger partial charge in [0.15, 0.2) is 0 Å². The molecule has 0 aliphatic heterocycles. The largest absolute Gasteiger partial charge is 0.465 e. The predicted octanol–water partition coefficient (Wildman–Crippen LogP) is 2.13. The zero-order chi connectivity index (χ0) is 14.3. The molecule has 1 aliphatic carbocycles. The smallest absolute Gasteiger partial charge is 0.404 e. The Morgan fingerprint density at radius 2 is 1.95 bits per heavy atom. The molecule has 0 aromatic heterocycles. The van der Waals surface area contributed by atoms with Crippen LogP contribution in [0.5, 0.6) is 0 Å². The van der Waals surface area contributed by atoms with Crippen molar-refractivity contribution in [2.75, 3.05) is 13.1 Å². The summed E-state index contributed by atoms with van der Waals surface area (Å²) in [7, 11) is 0. The van der Waals surface area contributed by atoms with Crippen molar-refractivity contribution in [2.24, 2.45) is 0 Å². The van der Waals surface area contributed by atoms with Crippen molar-refractivity contribution < 1.29 is 9.90 Å². The summed E-state index contributed by atoms with van der Waals surface area (Å²) in [6.07, 6.45) is 5.26. The van der Waals surface area contributed by atoms with Crippen molar-refractivity contribution in [3.8, 4) is 6.07 Å². The summed E-state index contributed by atoms with van der Waals surface area (Å²) in [6.45, 7) is 8.71. The molecule has 1 fully saturated rings. The summed E-state index contributed by atoms with van der Waals surface area (Å²) in [5, 5.41) is 20.7. The van der Waals surface area contributed by atoms with E-state index < -0.39 is 11.6 Å². The fourth-order valence-corrected chi connectivity index (χ4v) is 2.65. The van der Waals surface area contributed by atoms with Gasteiger partial charge in [0.05, 0.1) is 6.07 Å². The van der Waals surface area contributed by atoms with E-state index in [4.69, 9.17) is 5.11 Å². The zero-order valence-corrected chi connectivity index (χ0v) is 11.1. The summed E-state index contributed by atoms with van der Waals surface area (Å²) in [6, 6.07) is 2.37. The number of nitrogens with one attached hydrogen (secondary N) is 1. The summed E-state index contributed by atoms with van der Waals surface area (Å²) >= 11 is 0. The molecule has 1 rings (SSSR count). The monoisotopic (exact) mass is 263 g/mol. The van der Waals surface area contributed by atoms with Gasteiger partial charge in [-0.2, -0.15) is 5.26 Å². The predicted molar refractivity (Wildman–Crippen MR) is 73.7 cm³/mol. The maximum Gasteiger partial charge on any atom is 0.404 e. The quantitative estimate of drug-likeness (QED) is 0.720. The van der Waals surface area contributed by atoms with E-state index >= 15 is 0 Å². The van der Waals surface area contributed by atoms with Crippen LogP contribution in [-0.4, -0.2) is 40.8 Å². The van der Waals surface area contributed by atoms with Gasteiger partial charge in [0.1, 0.15) is 5.54 Å². The first-order chi connectivity index (χ1) is 9.07. The topological polar surface area (TPSA) is 76.4 Å². The minimum atomic E-state index is -0.997. The molecule has 0 heterocycles. The Balaban J connectivity index is 2.72. The van der Waals surface area contributed by atoms with Crippen molar-refractivity contribution >= 4 is 6.09 Å². The molecule has 5 nitrogen and oxygen atoms in total. The molecular formula is C14H21N3O2. The number of hydrogen-bond donors (Lipinski definition) is 2. The van der Waals surface area contributed by atoms with Crippen LogP contribution in [0.25, 0.3) is 0 Å². The van der Waals surface area contributed by atoms with E-state index in [0.29, 0.717) is 38.8 Å². The molecule has 0 spiro atoms. The molecule has 1 aliphatic rings. The Labute approximate surface area is 114 Å². The van der Waals surface area contributed by atoms with Crippen LogP contribution in [0, 0.1) is 11.3 Å². The van der Waals surface area contributed by atoms with E-state index in [1.54, 1.807) is 12.2 Å². The van der Waals surface area contributed by atoms with Crippen LogP contribution in [0.1, 0.15) is 25.7 Å². The SMILES string of the molecule is C=CCN(CC=C)C1(C#N)CCC(NC(=O)O)CC1. The van der Waals surface area contributed by atoms with Crippen molar-refractivity contribution in [2.45, 2.75) is 37.3 Å². The van der Waals surface area contributed by atoms with Gasteiger partial charge in [-0.1, -0.05) is 12.2 Å². The first kappa shape index (κ1) is 15.3. The Hall–Kier alpha value is -1.80. The molecule has 19 heavy (non-hydrogen) atoms. The van der Waals surface area contributed by atoms with Gasteiger partial charge in [0, 0.05) is 19.1 Å². The van der Waals surface area contributed by atoms with E-state index in [1.807, 2.05) is 0 Å². The minimum Gasteiger partial charge on any atom is -0.465 e. The third-order valence-electron chi connectivity index (χ3n) is 3.65. The number of nitriles is 1. The number of nitrogens with zero attached hydrogens (tertiary/aromatic N) is 2. The molecular weight excluding hydrogens is 242 g/mol. The van der Waals surface area contributed by atoms with E-state index in [-0.39, 0.29) is 6.04 Å². The fraction of sp³-hybridized carbons (Fsp3) is 0.571. The van der Waals surface area contributed by atoms with Gasteiger partial charge in [0.25, 0.3) is 0 Å². The Morgan fingerprint density at radius 1 is 1.42 bits per heavy atom. The normalized spacial score (nSPS) is 26.4. The first-order valence-corrected chi connectivity index (χ1v) is 6.45. The van der Waals surface area contributed by atoms with Crippen molar-refractivity contribution in [1.29, 1.82) is 5.26 Å². The number of carboxylic acid groups (broad SMARTS) is 1. The molecule has 0 saturated heterocycles. The fourth-order valence-electron chi connectivity index (χ4n) is 2.65. The number of amides is 1. The third-order valence-corrected chi connectivity index (χ3v) is 3.65. The standard InChI is InChI=1S/C14H21N3O2/c1-3-9-17(10-4-2)14(11-15)7-5-12(6-8-14)16-13(18)19/h3-4,12,16H,1-2,5-10H2,(H,18,19). The van der Waals surface area contributed by atoms with Gasteiger partial charge in [-0.3, -0.25) is 4.90 Å². The first-order valence-electron chi connectivity index (χ1n) is 6.45. The minimum absolute atomic E-state index is 0.0479. The highest BCUT2D eigenvalue weighted by molar-refractivity contribution is 5.64. The molecule has 2 N–H and O–H groups in total. The second-order valence-corrected chi connectivity index (χ2v) is 4.85. The maximum atomic E-state index is 10.6. The summed E-state index contributed by atoms with van der Waals surface area (Å²) in [5.41, 5.74) is -0.529. The van der Waals surface area contributed by atoms with Gasteiger partial charge in [0.2, 0.25) is 0 Å². The molecule has 0 aromatic carbocycles. The van der Waals surface area contributed by atoms with Gasteiger partial charge in [-0.05, 0) is 25.7 Å². The molecule has 104 valence electrons. The molecule has 0 bridgehead atoms. The van der Waals surface area contributed by atoms with Crippen LogP contribution in [0.15, 0.2) is 25.3 Å². The highest BCUT2D eigenvalue weighted by Gasteiger charge is 2.40. The maximum absolute atomic E-state index is 10.6. The Morgan fingerprint density at radius 3 is 2.32 bits per heavy atom. The average Bonchev–Trinajstić information content (AvgIpc) is 2.39. The van der Waals surface area contributed by atoms with Crippen LogP contribution in [0.2, 0.25) is 0 Å². The molecule has 0 radical (unpaired) electrons. The van der Waals surface area contributed by atoms with E-state index in [9.17, 15) is 10.1 Å². The second kappa shape index (κ2) is 6.95. The van der Waals surface area contributed by atoms with Crippen LogP contribution in [-0.2, 0) is 0 Å². The van der Waals surface area contributed by atoms with Gasteiger partial charge in [-0.25, -0.2) is 4.79 Å². The van der Waals surface area contributed by atoms with E-state index in [2.05, 4.69) is 29.4 Å². The van der Waals surface area contributed by atoms with Gasteiger partial charge in [-0.15, -0.1) is 13.2 Å². The second-order valence-electron chi connectivity index (χ2n) is 4.85. The molecule has 0 aromatic rings. The summed E-state index contributed by atoms with van der Waals surface area (Å²) in [5.74, 6) is 0. The highest BCUT2D eigenvalue weighted by Crippen LogP contribution is 2.33. The lowest BCUT2D eigenvalue weighted by Gasteiger charge is -2.42. The lowest BCUT2D eigenvalue weighted by Crippen LogP contribution is -2.52. The number of rotatable bonds is 6. The van der Waals surface area contributed by atoms with Crippen LogP contribution < -0.4 is 5.32 Å².